The maximum Gasteiger partial charge on any atom is 0.264 e. The van der Waals surface area contributed by atoms with Gasteiger partial charge in [-0.05, 0) is 49.4 Å². The highest BCUT2D eigenvalue weighted by Crippen LogP contribution is 2.30. The predicted octanol–water partition coefficient (Wildman–Crippen LogP) is 3.58. The average Bonchev–Trinajstić information content (AvgIpc) is 2.89. The highest BCUT2D eigenvalue weighted by molar-refractivity contribution is 9.10. The number of amides is 1. The van der Waals surface area contributed by atoms with Crippen molar-refractivity contribution in [2.24, 2.45) is 5.92 Å². The molecule has 0 saturated carbocycles. The smallest absolute Gasteiger partial charge is 0.264 e. The zero-order valence-electron chi connectivity index (χ0n) is 12.3. The van der Waals surface area contributed by atoms with Crippen LogP contribution in [0.3, 0.4) is 0 Å². The van der Waals surface area contributed by atoms with Gasteiger partial charge in [0, 0.05) is 10.0 Å². The van der Waals surface area contributed by atoms with E-state index in [1.54, 1.807) is 12.1 Å². The standard InChI is InChI=1S/C16H17BrN2O3/c1-10-2-7-14-13(8-10)16(22-19-14)18-15(20)9-21-12-5-3-11(17)4-6-12/h3-6,10H,2,7-9H2,1H3,(H,18,20). The first-order valence-corrected chi connectivity index (χ1v) is 8.07. The monoisotopic (exact) mass is 364 g/mol. The number of fused-ring (bicyclic) bond motifs is 1. The number of nitrogens with zero attached hydrogens (tertiary/aromatic N) is 1. The quantitative estimate of drug-likeness (QED) is 0.900. The number of aryl methyl sites for hydroxylation is 1. The van der Waals surface area contributed by atoms with Crippen molar-refractivity contribution in [3.05, 3.63) is 40.0 Å². The van der Waals surface area contributed by atoms with Gasteiger partial charge in [-0.15, -0.1) is 0 Å². The maximum atomic E-state index is 12.0. The van der Waals surface area contributed by atoms with Crippen molar-refractivity contribution < 1.29 is 14.1 Å². The van der Waals surface area contributed by atoms with Crippen LogP contribution in [-0.2, 0) is 17.6 Å². The lowest BCUT2D eigenvalue weighted by Crippen LogP contribution is -2.21. The number of carbonyl (C=O) groups excluding carboxylic acids is 1. The Morgan fingerprint density at radius 1 is 1.45 bits per heavy atom. The van der Waals surface area contributed by atoms with E-state index in [1.807, 2.05) is 12.1 Å². The first kappa shape index (κ1) is 15.1. The molecule has 2 aromatic rings. The van der Waals surface area contributed by atoms with E-state index < -0.39 is 0 Å². The number of carbonyl (C=O) groups is 1. The molecule has 1 unspecified atom stereocenters. The van der Waals surface area contributed by atoms with Crippen LogP contribution in [-0.4, -0.2) is 17.7 Å². The van der Waals surface area contributed by atoms with Crippen molar-refractivity contribution >= 4 is 27.7 Å². The van der Waals surface area contributed by atoms with E-state index in [0.717, 1.165) is 35.0 Å². The van der Waals surface area contributed by atoms with Gasteiger partial charge in [-0.1, -0.05) is 28.0 Å². The zero-order chi connectivity index (χ0) is 15.5. The number of anilines is 1. The molecule has 1 N–H and O–H groups in total. The Morgan fingerprint density at radius 2 is 2.23 bits per heavy atom. The summed E-state index contributed by atoms with van der Waals surface area (Å²) in [5, 5.41) is 6.79. The van der Waals surface area contributed by atoms with Crippen molar-refractivity contribution in [2.45, 2.75) is 26.2 Å². The minimum Gasteiger partial charge on any atom is -0.484 e. The van der Waals surface area contributed by atoms with Crippen LogP contribution in [0.5, 0.6) is 5.75 Å². The molecule has 0 bridgehead atoms. The van der Waals surface area contributed by atoms with E-state index in [4.69, 9.17) is 9.26 Å². The Labute approximate surface area is 137 Å². The third-order valence-electron chi connectivity index (χ3n) is 3.73. The summed E-state index contributed by atoms with van der Waals surface area (Å²) in [7, 11) is 0. The lowest BCUT2D eigenvalue weighted by molar-refractivity contribution is -0.118. The fourth-order valence-electron chi connectivity index (χ4n) is 2.52. The van der Waals surface area contributed by atoms with Gasteiger partial charge in [0.2, 0.25) is 5.88 Å². The average molecular weight is 365 g/mol. The molecule has 0 aliphatic heterocycles. The van der Waals surface area contributed by atoms with Gasteiger partial charge >= 0.3 is 0 Å². The topological polar surface area (TPSA) is 64.4 Å². The number of rotatable bonds is 4. The first-order chi connectivity index (χ1) is 10.6. The summed E-state index contributed by atoms with van der Waals surface area (Å²) in [5.74, 6) is 1.44. The highest BCUT2D eigenvalue weighted by Gasteiger charge is 2.24. The van der Waals surface area contributed by atoms with E-state index >= 15 is 0 Å². The minimum absolute atomic E-state index is 0.0628. The van der Waals surface area contributed by atoms with Crippen molar-refractivity contribution in [1.29, 1.82) is 0 Å². The lowest BCUT2D eigenvalue weighted by Gasteiger charge is -2.16. The van der Waals surface area contributed by atoms with E-state index in [0.29, 0.717) is 17.6 Å². The Kier molecular flexibility index (Phi) is 4.47. The predicted molar refractivity (Wildman–Crippen MR) is 86.0 cm³/mol. The molecule has 116 valence electrons. The van der Waals surface area contributed by atoms with E-state index in [-0.39, 0.29) is 12.5 Å². The lowest BCUT2D eigenvalue weighted by atomic mass is 9.89. The molecule has 0 fully saturated rings. The SMILES string of the molecule is CC1CCc2noc(NC(=O)COc3ccc(Br)cc3)c2C1. The summed E-state index contributed by atoms with van der Waals surface area (Å²) in [6, 6.07) is 7.33. The van der Waals surface area contributed by atoms with E-state index in [2.05, 4.69) is 33.3 Å². The number of aromatic nitrogens is 1. The summed E-state index contributed by atoms with van der Waals surface area (Å²) in [6.07, 6.45) is 2.91. The summed E-state index contributed by atoms with van der Waals surface area (Å²) in [6.45, 7) is 2.13. The van der Waals surface area contributed by atoms with Crippen LogP contribution >= 0.6 is 15.9 Å². The van der Waals surface area contributed by atoms with Crippen LogP contribution < -0.4 is 10.1 Å². The second-order valence-electron chi connectivity index (χ2n) is 5.58. The van der Waals surface area contributed by atoms with Crippen LogP contribution in [0.1, 0.15) is 24.6 Å². The molecule has 0 spiro atoms. The van der Waals surface area contributed by atoms with Gasteiger partial charge in [0.25, 0.3) is 5.91 Å². The van der Waals surface area contributed by atoms with Gasteiger partial charge in [-0.2, -0.15) is 0 Å². The second kappa shape index (κ2) is 6.52. The molecule has 1 aliphatic rings. The minimum atomic E-state index is -0.250. The normalized spacial score (nSPS) is 16.9. The fourth-order valence-corrected chi connectivity index (χ4v) is 2.79. The molecule has 1 aromatic heterocycles. The molecule has 1 atom stereocenters. The van der Waals surface area contributed by atoms with Gasteiger partial charge in [0.05, 0.1) is 5.69 Å². The third kappa shape index (κ3) is 3.50. The molecular weight excluding hydrogens is 348 g/mol. The molecular formula is C16H17BrN2O3. The van der Waals surface area contributed by atoms with Crippen LogP contribution in [0.25, 0.3) is 0 Å². The highest BCUT2D eigenvalue weighted by atomic mass is 79.9. The molecule has 6 heteroatoms. The Bertz CT molecular complexity index is 667. The molecule has 0 radical (unpaired) electrons. The number of benzene rings is 1. The Balaban J connectivity index is 1.58. The molecule has 22 heavy (non-hydrogen) atoms. The first-order valence-electron chi connectivity index (χ1n) is 7.27. The second-order valence-corrected chi connectivity index (χ2v) is 6.49. The van der Waals surface area contributed by atoms with Crippen LogP contribution in [0.2, 0.25) is 0 Å². The summed E-state index contributed by atoms with van der Waals surface area (Å²) in [5.41, 5.74) is 1.98. The maximum absolute atomic E-state index is 12.0. The zero-order valence-corrected chi connectivity index (χ0v) is 13.9. The van der Waals surface area contributed by atoms with Gasteiger partial charge in [-0.3, -0.25) is 10.1 Å². The molecule has 3 rings (SSSR count). The van der Waals surface area contributed by atoms with Crippen LogP contribution in [0.4, 0.5) is 5.88 Å². The number of hydrogen-bond acceptors (Lipinski definition) is 4. The molecule has 1 aromatic carbocycles. The summed E-state index contributed by atoms with van der Waals surface area (Å²) in [4.78, 5) is 12.0. The van der Waals surface area contributed by atoms with Crippen molar-refractivity contribution in [2.75, 3.05) is 11.9 Å². The van der Waals surface area contributed by atoms with Crippen LogP contribution in [0.15, 0.2) is 33.3 Å². The van der Waals surface area contributed by atoms with Gasteiger partial charge in [0.15, 0.2) is 6.61 Å². The molecule has 0 saturated heterocycles. The van der Waals surface area contributed by atoms with Crippen molar-refractivity contribution in [3.63, 3.8) is 0 Å². The van der Waals surface area contributed by atoms with Gasteiger partial charge < -0.3 is 9.26 Å². The van der Waals surface area contributed by atoms with Crippen molar-refractivity contribution in [3.8, 4) is 5.75 Å². The molecule has 1 heterocycles. The number of nitrogens with one attached hydrogen (secondary N) is 1. The number of ether oxygens (including phenoxy) is 1. The number of halogens is 1. The van der Waals surface area contributed by atoms with E-state index in [1.165, 1.54) is 0 Å². The van der Waals surface area contributed by atoms with E-state index in [9.17, 15) is 4.79 Å². The number of hydrogen-bond donors (Lipinski definition) is 1. The fraction of sp³-hybridized carbons (Fsp3) is 0.375. The molecule has 5 nitrogen and oxygen atoms in total. The van der Waals surface area contributed by atoms with Gasteiger partial charge in [-0.25, -0.2) is 0 Å². The molecule has 1 amide bonds. The van der Waals surface area contributed by atoms with Crippen molar-refractivity contribution in [1.82, 2.24) is 5.16 Å². The summed E-state index contributed by atoms with van der Waals surface area (Å²) >= 11 is 3.35. The molecule has 1 aliphatic carbocycles. The van der Waals surface area contributed by atoms with Gasteiger partial charge in [0.1, 0.15) is 5.75 Å². The Morgan fingerprint density at radius 3 is 3.00 bits per heavy atom. The third-order valence-corrected chi connectivity index (χ3v) is 4.26. The van der Waals surface area contributed by atoms with Crippen LogP contribution in [0, 0.1) is 5.92 Å². The Hall–Kier alpha value is -1.82. The summed E-state index contributed by atoms with van der Waals surface area (Å²) < 4.78 is 11.7. The largest absolute Gasteiger partial charge is 0.484 e.